The highest BCUT2D eigenvalue weighted by Gasteiger charge is 2.43. The summed E-state index contributed by atoms with van der Waals surface area (Å²) in [5.41, 5.74) is 8.95. The molecule has 2 aliphatic heterocycles. The van der Waals surface area contributed by atoms with Gasteiger partial charge in [0.1, 0.15) is 11.4 Å². The molecule has 122 valence electrons. The average molecular weight is 302 g/mol. The molecule has 3 rings (SSSR count). The van der Waals surface area contributed by atoms with Crippen LogP contribution in [-0.4, -0.2) is 30.1 Å². The van der Waals surface area contributed by atoms with E-state index in [1.165, 1.54) is 37.1 Å². The topological polar surface area (TPSA) is 38.5 Å². The Kier molecular flexibility index (Phi) is 4.21. The Morgan fingerprint density at radius 3 is 2.59 bits per heavy atom. The van der Waals surface area contributed by atoms with E-state index in [9.17, 15) is 0 Å². The van der Waals surface area contributed by atoms with Crippen LogP contribution in [0.4, 0.5) is 0 Å². The summed E-state index contributed by atoms with van der Waals surface area (Å²) in [6.07, 6.45) is 2.63. The van der Waals surface area contributed by atoms with Crippen LogP contribution in [0.25, 0.3) is 0 Å². The zero-order chi connectivity index (χ0) is 15.9. The normalized spacial score (nSPS) is 27.7. The largest absolute Gasteiger partial charge is 0.487 e. The number of nitrogens with zero attached hydrogens (tertiary/aromatic N) is 1. The molecule has 1 fully saturated rings. The third kappa shape index (κ3) is 2.77. The van der Waals surface area contributed by atoms with Crippen molar-refractivity contribution in [1.29, 1.82) is 0 Å². The van der Waals surface area contributed by atoms with Crippen LogP contribution in [0.5, 0.6) is 5.75 Å². The van der Waals surface area contributed by atoms with Crippen molar-refractivity contribution >= 4 is 0 Å². The molecule has 3 nitrogen and oxygen atoms in total. The van der Waals surface area contributed by atoms with Crippen molar-refractivity contribution in [2.75, 3.05) is 19.6 Å². The Hall–Kier alpha value is -1.06. The maximum Gasteiger partial charge on any atom is 0.128 e. The van der Waals surface area contributed by atoms with E-state index in [-0.39, 0.29) is 11.6 Å². The third-order valence-corrected chi connectivity index (χ3v) is 5.40. The molecule has 0 spiro atoms. The van der Waals surface area contributed by atoms with Crippen LogP contribution >= 0.6 is 0 Å². The summed E-state index contributed by atoms with van der Waals surface area (Å²) in [7, 11) is 0. The highest BCUT2D eigenvalue weighted by molar-refractivity contribution is 5.47. The molecule has 0 radical (unpaired) electrons. The van der Waals surface area contributed by atoms with Crippen molar-refractivity contribution in [1.82, 2.24) is 4.90 Å². The minimum Gasteiger partial charge on any atom is -0.487 e. The predicted molar refractivity (Wildman–Crippen MR) is 91.3 cm³/mol. The molecular formula is C19H30N2O. The molecule has 3 heteroatoms. The molecule has 1 saturated heterocycles. The summed E-state index contributed by atoms with van der Waals surface area (Å²) < 4.78 is 6.50. The van der Waals surface area contributed by atoms with E-state index in [0.29, 0.717) is 11.8 Å². The van der Waals surface area contributed by atoms with Gasteiger partial charge in [0.15, 0.2) is 0 Å². The highest BCUT2D eigenvalue weighted by Crippen LogP contribution is 2.46. The van der Waals surface area contributed by atoms with E-state index in [1.807, 2.05) is 0 Å². The monoisotopic (exact) mass is 302 g/mol. The van der Waals surface area contributed by atoms with E-state index in [4.69, 9.17) is 10.5 Å². The van der Waals surface area contributed by atoms with E-state index >= 15 is 0 Å². The van der Waals surface area contributed by atoms with Gasteiger partial charge in [-0.25, -0.2) is 0 Å². The van der Waals surface area contributed by atoms with Gasteiger partial charge in [0, 0.05) is 24.1 Å². The maximum absolute atomic E-state index is 6.71. The Labute approximate surface area is 134 Å². The van der Waals surface area contributed by atoms with Gasteiger partial charge in [-0.2, -0.15) is 0 Å². The lowest BCUT2D eigenvalue weighted by Crippen LogP contribution is -2.51. The summed E-state index contributed by atoms with van der Waals surface area (Å²) in [5, 5.41) is 0. The molecule has 2 N–H and O–H groups in total. The van der Waals surface area contributed by atoms with Crippen LogP contribution in [0.1, 0.15) is 63.6 Å². The van der Waals surface area contributed by atoms with Gasteiger partial charge in [0.25, 0.3) is 0 Å². The molecule has 0 amide bonds. The first-order valence-corrected chi connectivity index (χ1v) is 8.70. The summed E-state index contributed by atoms with van der Waals surface area (Å²) >= 11 is 0. The molecular weight excluding hydrogens is 272 g/mol. The lowest BCUT2D eigenvalue weighted by molar-refractivity contribution is -0.00459. The standard InChI is InChI=1S/C19H30N2O/c1-13(2)14-8-7-9-15-17(20)16(12-21-10-5-6-11-21)19(3,4)22-18(14)15/h7-9,13,16-17H,5-6,10-12,20H2,1-4H3. The van der Waals surface area contributed by atoms with Gasteiger partial charge in [-0.1, -0.05) is 32.0 Å². The zero-order valence-corrected chi connectivity index (χ0v) is 14.4. The Morgan fingerprint density at radius 2 is 1.95 bits per heavy atom. The minimum absolute atomic E-state index is 0.0537. The number of likely N-dealkylation sites (tertiary alicyclic amines) is 1. The molecule has 2 unspecified atom stereocenters. The minimum atomic E-state index is -0.222. The molecule has 1 aromatic rings. The smallest absolute Gasteiger partial charge is 0.128 e. The van der Waals surface area contributed by atoms with Crippen LogP contribution in [0.2, 0.25) is 0 Å². The molecule has 0 aromatic heterocycles. The van der Waals surface area contributed by atoms with Gasteiger partial charge >= 0.3 is 0 Å². The van der Waals surface area contributed by atoms with E-state index in [1.54, 1.807) is 0 Å². The van der Waals surface area contributed by atoms with Gasteiger partial charge in [0.05, 0.1) is 0 Å². The average Bonchev–Trinajstić information content (AvgIpc) is 2.95. The highest BCUT2D eigenvalue weighted by atomic mass is 16.5. The number of fused-ring (bicyclic) bond motifs is 1. The summed E-state index contributed by atoms with van der Waals surface area (Å²) in [4.78, 5) is 2.55. The van der Waals surface area contributed by atoms with Gasteiger partial charge in [-0.05, 0) is 51.3 Å². The summed E-state index contributed by atoms with van der Waals surface area (Å²) in [6, 6.07) is 6.51. The predicted octanol–water partition coefficient (Wildman–Crippen LogP) is 3.69. The van der Waals surface area contributed by atoms with Crippen molar-refractivity contribution < 1.29 is 4.74 Å². The van der Waals surface area contributed by atoms with Gasteiger partial charge < -0.3 is 15.4 Å². The fourth-order valence-electron chi connectivity index (χ4n) is 3.97. The van der Waals surface area contributed by atoms with Gasteiger partial charge in [-0.15, -0.1) is 0 Å². The second-order valence-electron chi connectivity index (χ2n) is 7.77. The second kappa shape index (κ2) is 5.86. The number of rotatable bonds is 3. The fourth-order valence-corrected chi connectivity index (χ4v) is 3.97. The molecule has 0 saturated carbocycles. The Balaban J connectivity index is 1.93. The molecule has 1 aromatic carbocycles. The second-order valence-corrected chi connectivity index (χ2v) is 7.77. The Bertz CT molecular complexity index is 532. The van der Waals surface area contributed by atoms with Crippen LogP contribution in [-0.2, 0) is 0 Å². The molecule has 2 heterocycles. The van der Waals surface area contributed by atoms with Gasteiger partial charge in [-0.3, -0.25) is 0 Å². The first kappa shape index (κ1) is 15.8. The summed E-state index contributed by atoms with van der Waals surface area (Å²) in [5.74, 6) is 1.82. The lowest BCUT2D eigenvalue weighted by atomic mass is 9.77. The van der Waals surface area contributed by atoms with Crippen molar-refractivity contribution in [2.24, 2.45) is 11.7 Å². The van der Waals surface area contributed by atoms with Crippen molar-refractivity contribution in [3.05, 3.63) is 29.3 Å². The number of ether oxygens (including phenoxy) is 1. The van der Waals surface area contributed by atoms with Crippen LogP contribution < -0.4 is 10.5 Å². The molecule has 2 aliphatic rings. The SMILES string of the molecule is CC(C)c1cccc2c1OC(C)(C)C(CN1CCCC1)C2N. The first-order valence-electron chi connectivity index (χ1n) is 8.70. The molecule has 2 atom stereocenters. The Morgan fingerprint density at radius 1 is 1.27 bits per heavy atom. The maximum atomic E-state index is 6.71. The van der Waals surface area contributed by atoms with Crippen LogP contribution in [0, 0.1) is 5.92 Å². The zero-order valence-electron chi connectivity index (χ0n) is 14.4. The van der Waals surface area contributed by atoms with Gasteiger partial charge in [0.2, 0.25) is 0 Å². The van der Waals surface area contributed by atoms with E-state index in [0.717, 1.165) is 12.3 Å². The first-order chi connectivity index (χ1) is 10.4. The number of benzene rings is 1. The number of para-hydroxylation sites is 1. The number of nitrogens with two attached hydrogens (primary N) is 1. The molecule has 22 heavy (non-hydrogen) atoms. The lowest BCUT2D eigenvalue weighted by Gasteiger charge is -2.46. The number of hydrogen-bond donors (Lipinski definition) is 1. The van der Waals surface area contributed by atoms with E-state index < -0.39 is 0 Å². The molecule has 0 aliphatic carbocycles. The number of hydrogen-bond acceptors (Lipinski definition) is 3. The van der Waals surface area contributed by atoms with Crippen molar-refractivity contribution in [2.45, 2.75) is 58.1 Å². The third-order valence-electron chi connectivity index (χ3n) is 5.40. The fraction of sp³-hybridized carbons (Fsp3) is 0.684. The van der Waals surface area contributed by atoms with Crippen molar-refractivity contribution in [3.8, 4) is 5.75 Å². The quantitative estimate of drug-likeness (QED) is 0.925. The molecule has 0 bridgehead atoms. The van der Waals surface area contributed by atoms with Crippen LogP contribution in [0.3, 0.4) is 0 Å². The van der Waals surface area contributed by atoms with E-state index in [2.05, 4.69) is 50.8 Å². The van der Waals surface area contributed by atoms with Crippen molar-refractivity contribution in [3.63, 3.8) is 0 Å². The van der Waals surface area contributed by atoms with Crippen LogP contribution in [0.15, 0.2) is 18.2 Å². The summed E-state index contributed by atoms with van der Waals surface area (Å²) in [6.45, 7) is 12.3.